The van der Waals surface area contributed by atoms with Crippen LogP contribution in [0.1, 0.15) is 0 Å². The molecule has 0 aromatic carbocycles. The number of hydrogen-bond acceptors (Lipinski definition) is 1. The Hall–Kier alpha value is -0.243. The molecule has 1 nitrogen and oxygen atoms in total. The van der Waals surface area contributed by atoms with E-state index < -0.39 is 0 Å². The topological polar surface area (TPSA) is 20.2 Å². The van der Waals surface area contributed by atoms with Gasteiger partial charge in [0.15, 0.2) is 0 Å². The van der Waals surface area contributed by atoms with Gasteiger partial charge in [-0.2, -0.15) is 0 Å². The molecule has 0 aliphatic heterocycles. The first-order valence-corrected chi connectivity index (χ1v) is 3.76. The quantitative estimate of drug-likeness (QED) is 0.359. The van der Waals surface area contributed by atoms with E-state index in [0.717, 1.165) is 0 Å². The van der Waals surface area contributed by atoms with Gasteiger partial charge in [0.05, 0.1) is 14.9 Å². The van der Waals surface area contributed by atoms with Gasteiger partial charge in [0.2, 0.25) is 0 Å². The molecular weight excluding hydrogens is 80.1 g/mol. The van der Waals surface area contributed by atoms with E-state index in [-0.39, 0.29) is 9.52 Å². The third-order valence-electron chi connectivity index (χ3n) is 0.408. The zero-order chi connectivity index (χ0) is 4.28. The fourth-order valence-electron chi connectivity index (χ4n) is 0. The van der Waals surface area contributed by atoms with Crippen molar-refractivity contribution in [2.75, 3.05) is 0 Å². The highest BCUT2D eigenvalue weighted by molar-refractivity contribution is 6.42. The molecule has 0 saturated heterocycles. The van der Waals surface area contributed by atoms with Crippen LogP contribution in [-0.4, -0.2) is 14.6 Å². The summed E-state index contributed by atoms with van der Waals surface area (Å²) < 4.78 is 0. The van der Waals surface area contributed by atoms with Crippen LogP contribution >= 0.6 is 0 Å². The van der Waals surface area contributed by atoms with Gasteiger partial charge in [0, 0.05) is 0 Å². The van der Waals surface area contributed by atoms with Gasteiger partial charge in [-0.1, -0.05) is 13.1 Å². The van der Waals surface area contributed by atoms with Crippen molar-refractivity contribution < 1.29 is 5.11 Å². The summed E-state index contributed by atoms with van der Waals surface area (Å²) in [5, 5.41) is 8.62. The Morgan fingerprint density at radius 1 is 2.00 bits per heavy atom. The molecule has 5 heavy (non-hydrogen) atoms. The molecular formula is C3H8OSi. The number of aliphatic hydroxyl groups is 1. The highest BCUT2D eigenvalue weighted by atomic mass is 28.2. The van der Waals surface area contributed by atoms with Gasteiger partial charge in [0.1, 0.15) is 0 Å². The molecule has 0 saturated carbocycles. The lowest BCUT2D eigenvalue weighted by molar-refractivity contribution is 0.453. The monoisotopic (exact) mass is 88.0 g/mol. The second-order valence-electron chi connectivity index (χ2n) is 0.920. The van der Waals surface area contributed by atoms with Crippen molar-refractivity contribution in [2.45, 2.75) is 6.55 Å². The Bertz CT molecular complexity index is 42.2. The van der Waals surface area contributed by atoms with Crippen LogP contribution in [0.2, 0.25) is 6.55 Å². The third-order valence-corrected chi connectivity index (χ3v) is 1.22. The van der Waals surface area contributed by atoms with Crippen molar-refractivity contribution in [3.05, 3.63) is 12.0 Å². The average molecular weight is 88.2 g/mol. The predicted molar refractivity (Wildman–Crippen MR) is 26.2 cm³/mol. The first-order chi connectivity index (χ1) is 2.27. The molecule has 0 aliphatic carbocycles. The Labute approximate surface area is 34.1 Å². The van der Waals surface area contributed by atoms with Crippen LogP contribution in [0.3, 0.4) is 0 Å². The maximum Gasteiger partial charge on any atom is 0.0952 e. The Kier molecular flexibility index (Phi) is 1.92. The van der Waals surface area contributed by atoms with Gasteiger partial charge in [-0.05, 0) is 0 Å². The molecule has 1 N–H and O–H groups in total. The van der Waals surface area contributed by atoms with E-state index in [1.54, 1.807) is 0 Å². The minimum absolute atomic E-state index is 0.290. The lowest BCUT2D eigenvalue weighted by atomic mass is 11.2. The number of rotatable bonds is 1. The third kappa shape index (κ3) is 3.76. The maximum absolute atomic E-state index is 8.23. The summed E-state index contributed by atoms with van der Waals surface area (Å²) in [7, 11) is -0.290. The molecule has 0 radical (unpaired) electrons. The minimum Gasteiger partial charge on any atom is -0.519 e. The molecule has 0 fully saturated rings. The van der Waals surface area contributed by atoms with Crippen molar-refractivity contribution in [3.8, 4) is 0 Å². The second kappa shape index (κ2) is 2.02. The maximum atomic E-state index is 8.23. The van der Waals surface area contributed by atoms with Gasteiger partial charge in [-0.15, -0.1) is 0 Å². The normalized spacial score (nSPS) is 9.80. The summed E-state index contributed by atoms with van der Waals surface area (Å²) in [5.41, 5.74) is 0. The molecule has 0 aromatic heterocycles. The van der Waals surface area contributed by atoms with Gasteiger partial charge < -0.3 is 5.11 Å². The van der Waals surface area contributed by atoms with Gasteiger partial charge in [-0.3, -0.25) is 0 Å². The first kappa shape index (κ1) is 4.76. The van der Waals surface area contributed by atoms with Crippen LogP contribution < -0.4 is 0 Å². The summed E-state index contributed by atoms with van der Waals surface area (Å²) >= 11 is 0. The van der Waals surface area contributed by atoms with Crippen LogP contribution in [0, 0.1) is 0 Å². The minimum atomic E-state index is -0.290. The summed E-state index contributed by atoms with van der Waals surface area (Å²) in [5.74, 6) is 0. The van der Waals surface area contributed by atoms with Gasteiger partial charge >= 0.3 is 0 Å². The van der Waals surface area contributed by atoms with Crippen LogP contribution in [0.5, 0.6) is 0 Å². The van der Waals surface area contributed by atoms with E-state index in [1.165, 1.54) is 0 Å². The molecule has 0 bridgehead atoms. The summed E-state index contributed by atoms with van der Waals surface area (Å²) in [6.45, 7) is 5.28. The number of hydrogen-bond donors (Lipinski definition) is 1. The van der Waals surface area contributed by atoms with Crippen molar-refractivity contribution >= 4 is 9.52 Å². The molecule has 0 heterocycles. The zero-order valence-electron chi connectivity index (χ0n) is 3.36. The van der Waals surface area contributed by atoms with E-state index in [4.69, 9.17) is 5.11 Å². The first-order valence-electron chi connectivity index (χ1n) is 1.64. The molecule has 30 valence electrons. The summed E-state index contributed by atoms with van der Waals surface area (Å²) in [4.78, 5) is 0. The highest BCUT2D eigenvalue weighted by Gasteiger charge is 1.72. The van der Waals surface area contributed by atoms with Gasteiger partial charge in [0.25, 0.3) is 0 Å². The van der Waals surface area contributed by atoms with Crippen LogP contribution in [-0.2, 0) is 0 Å². The smallest absolute Gasteiger partial charge is 0.0952 e. The Morgan fingerprint density at radius 3 is 2.20 bits per heavy atom. The van der Waals surface area contributed by atoms with E-state index in [2.05, 4.69) is 6.58 Å². The largest absolute Gasteiger partial charge is 0.519 e. The molecule has 0 aromatic rings. The van der Waals surface area contributed by atoms with Crippen molar-refractivity contribution in [1.29, 1.82) is 0 Å². The lowest BCUT2D eigenvalue weighted by Gasteiger charge is -1.79. The zero-order valence-corrected chi connectivity index (χ0v) is 4.78. The molecule has 0 aliphatic rings. The average Bonchev–Trinajstić information content (AvgIpc) is 1.38. The van der Waals surface area contributed by atoms with Crippen LogP contribution in [0.25, 0.3) is 0 Å². The Balaban J connectivity index is 2.85. The van der Waals surface area contributed by atoms with E-state index in [0.29, 0.717) is 5.38 Å². The van der Waals surface area contributed by atoms with E-state index in [1.807, 2.05) is 6.55 Å². The SMILES string of the molecule is C=C(O)[SiH2]C. The van der Waals surface area contributed by atoms with Crippen LogP contribution in [0.15, 0.2) is 12.0 Å². The number of aliphatic hydroxyl groups excluding tert-OH is 1. The Morgan fingerprint density at radius 2 is 2.20 bits per heavy atom. The van der Waals surface area contributed by atoms with Crippen LogP contribution in [0.4, 0.5) is 0 Å². The van der Waals surface area contributed by atoms with Crippen molar-refractivity contribution in [3.63, 3.8) is 0 Å². The fraction of sp³-hybridized carbons (Fsp3) is 0.333. The fourth-order valence-corrected chi connectivity index (χ4v) is 0. The van der Waals surface area contributed by atoms with Crippen molar-refractivity contribution in [2.24, 2.45) is 0 Å². The lowest BCUT2D eigenvalue weighted by Crippen LogP contribution is -1.81. The summed E-state index contributed by atoms with van der Waals surface area (Å²) in [6, 6.07) is 0. The molecule has 0 amide bonds. The van der Waals surface area contributed by atoms with E-state index >= 15 is 0 Å². The van der Waals surface area contributed by atoms with Gasteiger partial charge in [-0.25, -0.2) is 0 Å². The molecule has 0 rings (SSSR count). The van der Waals surface area contributed by atoms with E-state index in [9.17, 15) is 0 Å². The molecule has 0 atom stereocenters. The molecule has 0 spiro atoms. The highest BCUT2D eigenvalue weighted by Crippen LogP contribution is 1.70. The molecule has 2 heteroatoms. The predicted octanol–water partition coefficient (Wildman–Crippen LogP) is 0.232. The van der Waals surface area contributed by atoms with Crippen molar-refractivity contribution in [1.82, 2.24) is 0 Å². The second-order valence-corrected chi connectivity index (χ2v) is 2.44. The standard InChI is InChI=1S/C3H8OSi/c1-3(4)5-2/h4H,1,5H2,2H3. The molecule has 0 unspecified atom stereocenters. The summed E-state index contributed by atoms with van der Waals surface area (Å²) in [6.07, 6.45) is 0.